The molecule has 0 spiro atoms. The molecule has 0 aliphatic rings. The van der Waals surface area contributed by atoms with E-state index in [9.17, 15) is 9.18 Å². The Morgan fingerprint density at radius 3 is 2.63 bits per heavy atom. The van der Waals surface area contributed by atoms with Gasteiger partial charge in [0.05, 0.1) is 4.47 Å². The van der Waals surface area contributed by atoms with Crippen LogP contribution in [0.25, 0.3) is 0 Å². The van der Waals surface area contributed by atoms with E-state index in [1.54, 1.807) is 0 Å². The van der Waals surface area contributed by atoms with Crippen LogP contribution in [0, 0.1) is 16.3 Å². The molecule has 2 aromatic carbocycles. The van der Waals surface area contributed by atoms with E-state index in [4.69, 9.17) is 0 Å². The van der Waals surface area contributed by atoms with Crippen LogP contribution < -0.4 is 5.32 Å². The molecule has 98 valence electrons. The van der Waals surface area contributed by atoms with E-state index in [1.807, 2.05) is 25.1 Å². The minimum absolute atomic E-state index is 0.259. The smallest absolute Gasteiger partial charge is 0.255 e. The standard InChI is InChI=1S/C14H10BrFINO/c1-8-6-10(17)3-5-13(8)18-14(19)9-2-4-12(16)11(15)7-9/h2-7H,1H3,(H,18,19). The quantitative estimate of drug-likeness (QED) is 0.680. The third-order valence-corrected chi connectivity index (χ3v) is 3.90. The van der Waals surface area contributed by atoms with Crippen molar-refractivity contribution >= 4 is 50.1 Å². The van der Waals surface area contributed by atoms with Gasteiger partial charge in [-0.3, -0.25) is 4.79 Å². The summed E-state index contributed by atoms with van der Waals surface area (Å²) in [7, 11) is 0. The number of amides is 1. The number of rotatable bonds is 2. The predicted molar refractivity (Wildman–Crippen MR) is 85.9 cm³/mol. The first kappa shape index (κ1) is 14.5. The number of nitrogens with one attached hydrogen (secondary N) is 1. The highest BCUT2D eigenvalue weighted by molar-refractivity contribution is 14.1. The fourth-order valence-electron chi connectivity index (χ4n) is 1.60. The summed E-state index contributed by atoms with van der Waals surface area (Å²) >= 11 is 5.28. The molecule has 0 atom stereocenters. The molecule has 2 rings (SSSR count). The molecular formula is C14H10BrFINO. The molecule has 0 saturated carbocycles. The van der Waals surface area contributed by atoms with Crippen LogP contribution in [0.5, 0.6) is 0 Å². The largest absolute Gasteiger partial charge is 0.322 e. The Kier molecular flexibility index (Phi) is 4.57. The lowest BCUT2D eigenvalue weighted by Gasteiger charge is -2.09. The number of carbonyl (C=O) groups excluding carboxylic acids is 1. The molecule has 5 heteroatoms. The average Bonchev–Trinajstić information content (AvgIpc) is 2.36. The van der Waals surface area contributed by atoms with Gasteiger partial charge in [0.2, 0.25) is 0 Å². The van der Waals surface area contributed by atoms with Crippen LogP contribution in [0.1, 0.15) is 15.9 Å². The Morgan fingerprint density at radius 2 is 2.00 bits per heavy atom. The SMILES string of the molecule is Cc1cc(I)ccc1NC(=O)c1ccc(F)c(Br)c1. The van der Waals surface area contributed by atoms with Crippen LogP contribution in [-0.4, -0.2) is 5.91 Å². The van der Waals surface area contributed by atoms with Gasteiger partial charge in [-0.2, -0.15) is 0 Å². The Bertz CT molecular complexity index is 645. The van der Waals surface area contributed by atoms with E-state index < -0.39 is 0 Å². The predicted octanol–water partition coefficient (Wildman–Crippen LogP) is 4.75. The second-order valence-electron chi connectivity index (χ2n) is 4.04. The normalized spacial score (nSPS) is 10.3. The van der Waals surface area contributed by atoms with Gasteiger partial charge in [-0.25, -0.2) is 4.39 Å². The zero-order valence-electron chi connectivity index (χ0n) is 10.0. The number of benzene rings is 2. The maximum Gasteiger partial charge on any atom is 0.255 e. The van der Waals surface area contributed by atoms with E-state index in [1.165, 1.54) is 18.2 Å². The fraction of sp³-hybridized carbons (Fsp3) is 0.0714. The molecule has 0 unspecified atom stereocenters. The molecule has 2 aromatic rings. The van der Waals surface area contributed by atoms with Crippen LogP contribution in [0.2, 0.25) is 0 Å². The van der Waals surface area contributed by atoms with Crippen LogP contribution in [0.15, 0.2) is 40.9 Å². The topological polar surface area (TPSA) is 29.1 Å². The molecule has 2 nitrogen and oxygen atoms in total. The first-order valence-electron chi connectivity index (χ1n) is 5.50. The minimum Gasteiger partial charge on any atom is -0.322 e. The van der Waals surface area contributed by atoms with E-state index in [0.29, 0.717) is 5.56 Å². The van der Waals surface area contributed by atoms with Crippen molar-refractivity contribution in [1.82, 2.24) is 0 Å². The fourth-order valence-corrected chi connectivity index (χ4v) is 2.62. The number of halogens is 3. The minimum atomic E-state index is -0.387. The Hall–Kier alpha value is -0.950. The molecule has 1 N–H and O–H groups in total. The molecule has 0 fully saturated rings. The molecule has 0 aromatic heterocycles. The second-order valence-corrected chi connectivity index (χ2v) is 6.14. The van der Waals surface area contributed by atoms with Gasteiger partial charge in [0.25, 0.3) is 5.91 Å². The van der Waals surface area contributed by atoms with Gasteiger partial charge in [0, 0.05) is 14.8 Å². The third-order valence-electron chi connectivity index (χ3n) is 2.62. The Labute approximate surface area is 132 Å². The Balaban J connectivity index is 2.23. The summed E-state index contributed by atoms with van der Waals surface area (Å²) in [5.41, 5.74) is 2.15. The number of hydrogen-bond acceptors (Lipinski definition) is 1. The highest BCUT2D eigenvalue weighted by Crippen LogP contribution is 2.20. The van der Waals surface area contributed by atoms with Gasteiger partial charge in [-0.15, -0.1) is 0 Å². The third kappa shape index (κ3) is 3.54. The molecule has 0 aliphatic heterocycles. The second kappa shape index (κ2) is 6.00. The monoisotopic (exact) mass is 433 g/mol. The summed E-state index contributed by atoms with van der Waals surface area (Å²) in [5.74, 6) is -0.646. The van der Waals surface area contributed by atoms with Crippen molar-refractivity contribution in [3.63, 3.8) is 0 Å². The van der Waals surface area contributed by atoms with Crippen LogP contribution in [-0.2, 0) is 0 Å². The lowest BCUT2D eigenvalue weighted by atomic mass is 10.1. The molecular weight excluding hydrogens is 424 g/mol. The lowest BCUT2D eigenvalue weighted by molar-refractivity contribution is 0.102. The van der Waals surface area contributed by atoms with Crippen LogP contribution >= 0.6 is 38.5 Å². The van der Waals surface area contributed by atoms with Crippen molar-refractivity contribution in [2.24, 2.45) is 0 Å². The van der Waals surface area contributed by atoms with Crippen molar-refractivity contribution in [1.29, 1.82) is 0 Å². The summed E-state index contributed by atoms with van der Waals surface area (Å²) in [6.07, 6.45) is 0. The first-order chi connectivity index (χ1) is 8.97. The van der Waals surface area contributed by atoms with E-state index in [-0.39, 0.29) is 16.2 Å². The summed E-state index contributed by atoms with van der Waals surface area (Å²) in [6.45, 7) is 1.93. The van der Waals surface area contributed by atoms with Crippen LogP contribution in [0.3, 0.4) is 0 Å². The molecule has 0 saturated heterocycles. The molecule has 0 bridgehead atoms. The van der Waals surface area contributed by atoms with E-state index in [0.717, 1.165) is 14.8 Å². The molecule has 1 amide bonds. The summed E-state index contributed by atoms with van der Waals surface area (Å²) in [4.78, 5) is 12.1. The molecule has 0 radical (unpaired) electrons. The highest BCUT2D eigenvalue weighted by Gasteiger charge is 2.10. The number of anilines is 1. The highest BCUT2D eigenvalue weighted by atomic mass is 127. The van der Waals surface area contributed by atoms with Gasteiger partial charge in [-0.1, -0.05) is 0 Å². The van der Waals surface area contributed by atoms with Gasteiger partial charge >= 0.3 is 0 Å². The van der Waals surface area contributed by atoms with Crippen molar-refractivity contribution in [2.75, 3.05) is 5.32 Å². The maximum absolute atomic E-state index is 13.1. The van der Waals surface area contributed by atoms with Gasteiger partial charge < -0.3 is 5.32 Å². The van der Waals surface area contributed by atoms with Gasteiger partial charge in [0.1, 0.15) is 5.82 Å². The lowest BCUT2D eigenvalue weighted by Crippen LogP contribution is -2.13. The maximum atomic E-state index is 13.1. The van der Waals surface area contributed by atoms with Gasteiger partial charge in [-0.05, 0) is 87.4 Å². The van der Waals surface area contributed by atoms with Crippen molar-refractivity contribution < 1.29 is 9.18 Å². The average molecular weight is 434 g/mol. The summed E-state index contributed by atoms with van der Waals surface area (Å²) in [6, 6.07) is 9.94. The Morgan fingerprint density at radius 1 is 1.26 bits per heavy atom. The molecule has 19 heavy (non-hydrogen) atoms. The molecule has 0 heterocycles. The molecule has 0 aliphatic carbocycles. The van der Waals surface area contributed by atoms with E-state index >= 15 is 0 Å². The number of carbonyl (C=O) groups is 1. The van der Waals surface area contributed by atoms with E-state index in [2.05, 4.69) is 43.8 Å². The van der Waals surface area contributed by atoms with Crippen molar-refractivity contribution in [2.45, 2.75) is 6.92 Å². The van der Waals surface area contributed by atoms with Gasteiger partial charge in [0.15, 0.2) is 0 Å². The number of aryl methyl sites for hydroxylation is 1. The zero-order chi connectivity index (χ0) is 14.0. The van der Waals surface area contributed by atoms with Crippen LogP contribution in [0.4, 0.5) is 10.1 Å². The first-order valence-corrected chi connectivity index (χ1v) is 7.37. The number of hydrogen-bond donors (Lipinski definition) is 1. The summed E-state index contributed by atoms with van der Waals surface area (Å²) in [5, 5.41) is 2.81. The zero-order valence-corrected chi connectivity index (χ0v) is 13.7. The van der Waals surface area contributed by atoms with Crippen molar-refractivity contribution in [3.05, 3.63) is 61.4 Å². The van der Waals surface area contributed by atoms with Crippen molar-refractivity contribution in [3.8, 4) is 0 Å². The summed E-state index contributed by atoms with van der Waals surface area (Å²) < 4.78 is 14.5.